The van der Waals surface area contributed by atoms with Gasteiger partial charge in [0.25, 0.3) is 5.91 Å². The van der Waals surface area contributed by atoms with E-state index in [0.717, 1.165) is 19.3 Å². The first-order chi connectivity index (χ1) is 12.4. The lowest BCUT2D eigenvalue weighted by Crippen LogP contribution is -2.42. The van der Waals surface area contributed by atoms with Gasteiger partial charge in [0.05, 0.1) is 10.8 Å². The van der Waals surface area contributed by atoms with Crippen molar-refractivity contribution < 1.29 is 23.1 Å². The number of carbonyl (C=O) groups excluding carboxylic acids is 1. The molecule has 2 aliphatic heterocycles. The Bertz CT molecular complexity index is 769. The molecule has 2 heterocycles. The lowest BCUT2D eigenvalue weighted by Gasteiger charge is -2.30. The number of carbonyl (C=O) groups is 2. The Labute approximate surface area is 153 Å². The molecule has 142 valence electrons. The molecule has 1 N–H and O–H groups in total. The van der Waals surface area contributed by atoms with E-state index in [1.54, 1.807) is 0 Å². The summed E-state index contributed by atoms with van der Waals surface area (Å²) in [5.74, 6) is -1.67. The Morgan fingerprint density at radius 2 is 1.62 bits per heavy atom. The highest BCUT2D eigenvalue weighted by molar-refractivity contribution is 7.89. The average Bonchev–Trinajstić information content (AvgIpc) is 2.68. The van der Waals surface area contributed by atoms with Crippen molar-refractivity contribution in [1.82, 2.24) is 9.21 Å². The Kier molecular flexibility index (Phi) is 5.62. The maximum atomic E-state index is 12.7. The molecule has 0 aliphatic carbocycles. The van der Waals surface area contributed by atoms with Crippen LogP contribution in [0.1, 0.15) is 42.5 Å². The van der Waals surface area contributed by atoms with E-state index in [2.05, 4.69) is 0 Å². The van der Waals surface area contributed by atoms with Crippen LogP contribution < -0.4 is 0 Å². The number of hydrogen-bond acceptors (Lipinski definition) is 4. The van der Waals surface area contributed by atoms with Gasteiger partial charge in [-0.3, -0.25) is 9.59 Å². The number of likely N-dealkylation sites (tertiary alicyclic amines) is 1. The van der Waals surface area contributed by atoms with Gasteiger partial charge in [0, 0.05) is 31.7 Å². The molecule has 0 spiro atoms. The molecule has 0 bridgehead atoms. The Balaban J connectivity index is 1.72. The molecule has 8 heteroatoms. The number of amides is 1. The van der Waals surface area contributed by atoms with Gasteiger partial charge in [0.2, 0.25) is 10.0 Å². The van der Waals surface area contributed by atoms with E-state index in [0.29, 0.717) is 38.0 Å². The minimum Gasteiger partial charge on any atom is -0.481 e. The first kappa shape index (κ1) is 18.8. The molecule has 0 aromatic heterocycles. The standard InChI is InChI=1S/C18H24N2O5S/c21-17(19-10-4-5-15(13-19)18(22)23)14-6-8-16(9-7-14)26(24,25)20-11-2-1-3-12-20/h6-9,15H,1-5,10-13H2,(H,22,23). The number of nitrogens with zero attached hydrogens (tertiary/aromatic N) is 2. The highest BCUT2D eigenvalue weighted by Crippen LogP contribution is 2.22. The molecule has 2 fully saturated rings. The second-order valence-corrected chi connectivity index (χ2v) is 8.86. The first-order valence-corrected chi connectivity index (χ1v) is 10.5. The molecule has 26 heavy (non-hydrogen) atoms. The van der Waals surface area contributed by atoms with Crippen LogP contribution in [0.15, 0.2) is 29.2 Å². The predicted molar refractivity (Wildman–Crippen MR) is 95.3 cm³/mol. The third-order valence-electron chi connectivity index (χ3n) is 5.11. The summed E-state index contributed by atoms with van der Waals surface area (Å²) in [5.41, 5.74) is 0.383. The van der Waals surface area contributed by atoms with Crippen molar-refractivity contribution in [2.75, 3.05) is 26.2 Å². The van der Waals surface area contributed by atoms with Crippen LogP contribution in [0.3, 0.4) is 0 Å². The molecule has 0 saturated carbocycles. The summed E-state index contributed by atoms with van der Waals surface area (Å²) in [4.78, 5) is 25.5. The molecule has 2 aliphatic rings. The lowest BCUT2D eigenvalue weighted by molar-refractivity contribution is -0.143. The zero-order chi connectivity index (χ0) is 18.7. The summed E-state index contributed by atoms with van der Waals surface area (Å²) < 4.78 is 26.8. The summed E-state index contributed by atoms with van der Waals surface area (Å²) in [6.45, 7) is 1.79. The Hall–Kier alpha value is -1.93. The second kappa shape index (κ2) is 7.75. The highest BCUT2D eigenvalue weighted by Gasteiger charge is 2.29. The van der Waals surface area contributed by atoms with E-state index in [1.807, 2.05) is 0 Å². The van der Waals surface area contributed by atoms with Crippen molar-refractivity contribution in [1.29, 1.82) is 0 Å². The number of benzene rings is 1. The molecule has 2 saturated heterocycles. The van der Waals surface area contributed by atoms with Gasteiger partial charge in [-0.25, -0.2) is 8.42 Å². The van der Waals surface area contributed by atoms with Crippen LogP contribution in [0.4, 0.5) is 0 Å². The summed E-state index contributed by atoms with van der Waals surface area (Å²) in [6.07, 6.45) is 4.02. The lowest BCUT2D eigenvalue weighted by atomic mass is 9.97. The van der Waals surface area contributed by atoms with Crippen molar-refractivity contribution in [3.8, 4) is 0 Å². The predicted octanol–water partition coefficient (Wildman–Crippen LogP) is 1.80. The van der Waals surface area contributed by atoms with Crippen molar-refractivity contribution >= 4 is 21.9 Å². The number of carboxylic acid groups (broad SMARTS) is 1. The van der Waals surface area contributed by atoms with E-state index in [-0.39, 0.29) is 17.3 Å². The molecular weight excluding hydrogens is 356 g/mol. The van der Waals surface area contributed by atoms with Crippen LogP contribution in [-0.4, -0.2) is 60.8 Å². The van der Waals surface area contributed by atoms with E-state index in [9.17, 15) is 18.0 Å². The molecule has 0 radical (unpaired) electrons. The molecule has 1 atom stereocenters. The fourth-order valence-corrected chi connectivity index (χ4v) is 5.09. The van der Waals surface area contributed by atoms with Crippen LogP contribution in [0.25, 0.3) is 0 Å². The third kappa shape index (κ3) is 3.91. The van der Waals surface area contributed by atoms with Crippen molar-refractivity contribution in [3.05, 3.63) is 29.8 Å². The molecule has 1 aromatic rings. The SMILES string of the molecule is O=C(O)C1CCCN(C(=O)c2ccc(S(=O)(=O)N3CCCCC3)cc2)C1. The normalized spacial score (nSPS) is 22.2. The minimum atomic E-state index is -3.52. The van der Waals surface area contributed by atoms with Gasteiger partial charge in [0.15, 0.2) is 0 Å². The van der Waals surface area contributed by atoms with Gasteiger partial charge in [-0.05, 0) is 49.9 Å². The van der Waals surface area contributed by atoms with Gasteiger partial charge in [0.1, 0.15) is 0 Å². The summed E-state index contributed by atoms with van der Waals surface area (Å²) >= 11 is 0. The zero-order valence-corrected chi connectivity index (χ0v) is 15.5. The summed E-state index contributed by atoms with van der Waals surface area (Å²) in [6, 6.07) is 5.97. The van der Waals surface area contributed by atoms with Crippen LogP contribution in [0.5, 0.6) is 0 Å². The quantitative estimate of drug-likeness (QED) is 0.859. The van der Waals surface area contributed by atoms with Gasteiger partial charge in [-0.2, -0.15) is 4.31 Å². The van der Waals surface area contributed by atoms with E-state index < -0.39 is 21.9 Å². The van der Waals surface area contributed by atoms with Crippen LogP contribution in [0.2, 0.25) is 0 Å². The molecule has 3 rings (SSSR count). The third-order valence-corrected chi connectivity index (χ3v) is 7.02. The largest absolute Gasteiger partial charge is 0.481 e. The van der Waals surface area contributed by atoms with Gasteiger partial charge in [-0.15, -0.1) is 0 Å². The molecule has 1 unspecified atom stereocenters. The van der Waals surface area contributed by atoms with Crippen LogP contribution in [-0.2, 0) is 14.8 Å². The zero-order valence-electron chi connectivity index (χ0n) is 14.6. The van der Waals surface area contributed by atoms with Crippen molar-refractivity contribution in [3.63, 3.8) is 0 Å². The average molecular weight is 380 g/mol. The molecule has 1 amide bonds. The first-order valence-electron chi connectivity index (χ1n) is 9.02. The Morgan fingerprint density at radius 1 is 0.962 bits per heavy atom. The monoisotopic (exact) mass is 380 g/mol. The number of hydrogen-bond donors (Lipinski definition) is 1. The van der Waals surface area contributed by atoms with Crippen LogP contribution in [0, 0.1) is 5.92 Å². The van der Waals surface area contributed by atoms with Crippen molar-refractivity contribution in [2.24, 2.45) is 5.92 Å². The number of carboxylic acids is 1. The van der Waals surface area contributed by atoms with Gasteiger partial charge >= 0.3 is 5.97 Å². The molecular formula is C18H24N2O5S. The topological polar surface area (TPSA) is 95.0 Å². The number of sulfonamides is 1. The maximum Gasteiger partial charge on any atom is 0.308 e. The number of piperidine rings is 2. The summed E-state index contributed by atoms with van der Waals surface area (Å²) in [5, 5.41) is 9.15. The van der Waals surface area contributed by atoms with Crippen molar-refractivity contribution in [2.45, 2.75) is 37.0 Å². The molecule has 7 nitrogen and oxygen atoms in total. The number of aliphatic carboxylic acids is 1. The highest BCUT2D eigenvalue weighted by atomic mass is 32.2. The Morgan fingerprint density at radius 3 is 2.23 bits per heavy atom. The second-order valence-electron chi connectivity index (χ2n) is 6.92. The van der Waals surface area contributed by atoms with E-state index >= 15 is 0 Å². The minimum absolute atomic E-state index is 0.193. The summed E-state index contributed by atoms with van der Waals surface area (Å²) in [7, 11) is -3.52. The van der Waals surface area contributed by atoms with E-state index in [4.69, 9.17) is 5.11 Å². The van der Waals surface area contributed by atoms with Crippen LogP contribution >= 0.6 is 0 Å². The van der Waals surface area contributed by atoms with Gasteiger partial charge < -0.3 is 10.0 Å². The van der Waals surface area contributed by atoms with Gasteiger partial charge in [-0.1, -0.05) is 6.42 Å². The smallest absolute Gasteiger partial charge is 0.308 e. The fourth-order valence-electron chi connectivity index (χ4n) is 3.57. The number of rotatable bonds is 4. The fraction of sp³-hybridized carbons (Fsp3) is 0.556. The molecule has 1 aromatic carbocycles. The van der Waals surface area contributed by atoms with E-state index in [1.165, 1.54) is 33.5 Å². The maximum absolute atomic E-state index is 12.7.